The van der Waals surface area contributed by atoms with Gasteiger partial charge in [-0.25, -0.2) is 8.78 Å². The van der Waals surface area contributed by atoms with Gasteiger partial charge in [0.1, 0.15) is 17.4 Å². The van der Waals surface area contributed by atoms with Crippen LogP contribution in [0.3, 0.4) is 0 Å². The third-order valence-corrected chi connectivity index (χ3v) is 2.37. The zero-order chi connectivity index (χ0) is 12.4. The second-order valence-corrected chi connectivity index (χ2v) is 3.75. The first-order valence-corrected chi connectivity index (χ1v) is 5.10. The van der Waals surface area contributed by atoms with Gasteiger partial charge < -0.3 is 4.42 Å². The van der Waals surface area contributed by atoms with Crippen LogP contribution >= 0.6 is 0 Å². The van der Waals surface area contributed by atoms with Crippen LogP contribution < -0.4 is 0 Å². The Morgan fingerprint density at radius 3 is 2.65 bits per heavy atom. The number of furan rings is 1. The molecule has 0 aliphatic carbocycles. The van der Waals surface area contributed by atoms with Crippen molar-refractivity contribution in [1.29, 1.82) is 0 Å². The van der Waals surface area contributed by atoms with Crippen LogP contribution in [0.4, 0.5) is 8.78 Å². The average Bonchev–Trinajstić information content (AvgIpc) is 2.70. The molecular formula is C13H10F2O2. The van der Waals surface area contributed by atoms with Crippen LogP contribution in [0, 0.1) is 18.6 Å². The van der Waals surface area contributed by atoms with Crippen molar-refractivity contribution in [3.8, 4) is 0 Å². The van der Waals surface area contributed by atoms with Crippen molar-refractivity contribution in [3.63, 3.8) is 0 Å². The second kappa shape index (κ2) is 4.49. The van der Waals surface area contributed by atoms with Gasteiger partial charge in [-0.3, -0.25) is 4.79 Å². The summed E-state index contributed by atoms with van der Waals surface area (Å²) in [6.45, 7) is 1.71. The number of rotatable bonds is 3. The predicted molar refractivity (Wildman–Crippen MR) is 57.8 cm³/mol. The van der Waals surface area contributed by atoms with Crippen molar-refractivity contribution in [2.45, 2.75) is 13.3 Å². The summed E-state index contributed by atoms with van der Waals surface area (Å²) in [4.78, 5) is 11.7. The number of aryl methyl sites for hydroxylation is 1. The Morgan fingerprint density at radius 2 is 2.00 bits per heavy atom. The maximum atomic E-state index is 13.3. The lowest BCUT2D eigenvalue weighted by atomic mass is 10.1. The van der Waals surface area contributed by atoms with Crippen molar-refractivity contribution < 1.29 is 18.0 Å². The summed E-state index contributed by atoms with van der Waals surface area (Å²) in [5.41, 5.74) is 0.0315. The molecule has 0 atom stereocenters. The van der Waals surface area contributed by atoms with Crippen molar-refractivity contribution in [1.82, 2.24) is 0 Å². The number of benzene rings is 1. The van der Waals surface area contributed by atoms with Gasteiger partial charge in [0.15, 0.2) is 5.76 Å². The third-order valence-electron chi connectivity index (χ3n) is 2.37. The molecule has 0 fully saturated rings. The number of hydrogen-bond acceptors (Lipinski definition) is 2. The third kappa shape index (κ3) is 2.58. The Bertz CT molecular complexity index is 558. The quantitative estimate of drug-likeness (QED) is 0.765. The van der Waals surface area contributed by atoms with E-state index in [-0.39, 0.29) is 23.5 Å². The molecule has 0 saturated carbocycles. The molecular weight excluding hydrogens is 226 g/mol. The highest BCUT2D eigenvalue weighted by Crippen LogP contribution is 2.14. The van der Waals surface area contributed by atoms with Crippen LogP contribution in [0.2, 0.25) is 0 Å². The minimum Gasteiger partial charge on any atom is -0.458 e. The number of hydrogen-bond donors (Lipinski definition) is 0. The van der Waals surface area contributed by atoms with Gasteiger partial charge in [0.2, 0.25) is 5.78 Å². The van der Waals surface area contributed by atoms with Crippen molar-refractivity contribution in [3.05, 3.63) is 59.1 Å². The molecule has 1 aromatic heterocycles. The zero-order valence-corrected chi connectivity index (χ0v) is 9.17. The van der Waals surface area contributed by atoms with Gasteiger partial charge in [-0.1, -0.05) is 0 Å². The second-order valence-electron chi connectivity index (χ2n) is 3.75. The number of carbonyl (C=O) groups is 1. The van der Waals surface area contributed by atoms with E-state index in [0.29, 0.717) is 5.76 Å². The summed E-state index contributed by atoms with van der Waals surface area (Å²) < 4.78 is 31.3. The Kier molecular flexibility index (Phi) is 3.04. The highest BCUT2D eigenvalue weighted by Gasteiger charge is 2.14. The fourth-order valence-electron chi connectivity index (χ4n) is 1.52. The van der Waals surface area contributed by atoms with E-state index in [9.17, 15) is 13.6 Å². The topological polar surface area (TPSA) is 30.2 Å². The standard InChI is InChI=1S/C13H10F2O2/c1-8-2-5-13(17-8)12(16)7-9-6-10(14)3-4-11(9)15/h2-6H,7H2,1H3. The molecule has 0 aliphatic rings. The highest BCUT2D eigenvalue weighted by atomic mass is 19.1. The van der Waals surface area contributed by atoms with Crippen molar-refractivity contribution >= 4 is 5.78 Å². The maximum Gasteiger partial charge on any atom is 0.202 e. The zero-order valence-electron chi connectivity index (χ0n) is 9.17. The monoisotopic (exact) mass is 236 g/mol. The minimum absolute atomic E-state index is 0.0315. The maximum absolute atomic E-state index is 13.3. The first-order chi connectivity index (χ1) is 8.06. The lowest BCUT2D eigenvalue weighted by Gasteiger charge is -2.01. The fourth-order valence-corrected chi connectivity index (χ4v) is 1.52. The normalized spacial score (nSPS) is 10.5. The summed E-state index contributed by atoms with van der Waals surface area (Å²) >= 11 is 0. The molecule has 0 saturated heterocycles. The van der Waals surface area contributed by atoms with Gasteiger partial charge in [-0.15, -0.1) is 0 Å². The van der Waals surface area contributed by atoms with Gasteiger partial charge in [-0.05, 0) is 42.8 Å². The summed E-state index contributed by atoms with van der Waals surface area (Å²) in [5, 5.41) is 0. The summed E-state index contributed by atoms with van der Waals surface area (Å²) in [5.74, 6) is -0.769. The van der Waals surface area contributed by atoms with Crippen molar-refractivity contribution in [2.24, 2.45) is 0 Å². The van der Waals surface area contributed by atoms with E-state index in [1.807, 2.05) is 0 Å². The number of carbonyl (C=O) groups excluding carboxylic acids is 1. The van der Waals surface area contributed by atoms with E-state index < -0.39 is 11.6 Å². The SMILES string of the molecule is Cc1ccc(C(=O)Cc2cc(F)ccc2F)o1. The molecule has 1 heterocycles. The molecule has 0 radical (unpaired) electrons. The molecule has 4 heteroatoms. The Morgan fingerprint density at radius 1 is 1.24 bits per heavy atom. The Labute approximate surface area is 96.9 Å². The molecule has 0 N–H and O–H groups in total. The molecule has 1 aromatic carbocycles. The van der Waals surface area contributed by atoms with E-state index in [1.54, 1.807) is 13.0 Å². The molecule has 0 bridgehead atoms. The molecule has 0 amide bonds. The molecule has 0 aliphatic heterocycles. The van der Waals surface area contributed by atoms with Gasteiger partial charge in [0.25, 0.3) is 0 Å². The molecule has 88 valence electrons. The van der Waals surface area contributed by atoms with Crippen LogP contribution in [0.5, 0.6) is 0 Å². The molecule has 0 unspecified atom stereocenters. The van der Waals surface area contributed by atoms with Gasteiger partial charge in [0.05, 0.1) is 0 Å². The molecule has 2 rings (SSSR count). The molecule has 17 heavy (non-hydrogen) atoms. The molecule has 2 aromatic rings. The van der Waals surface area contributed by atoms with Gasteiger partial charge >= 0.3 is 0 Å². The molecule has 0 spiro atoms. The Hall–Kier alpha value is -1.97. The van der Waals surface area contributed by atoms with Crippen LogP contribution in [0.25, 0.3) is 0 Å². The molecule has 2 nitrogen and oxygen atoms in total. The number of halogens is 2. The summed E-state index contributed by atoms with van der Waals surface area (Å²) in [7, 11) is 0. The highest BCUT2D eigenvalue weighted by molar-refractivity contribution is 5.95. The van der Waals surface area contributed by atoms with E-state index in [1.165, 1.54) is 6.07 Å². The van der Waals surface area contributed by atoms with Gasteiger partial charge in [0, 0.05) is 6.42 Å². The number of ketones is 1. The van der Waals surface area contributed by atoms with Crippen LogP contribution in [0.1, 0.15) is 21.9 Å². The van der Waals surface area contributed by atoms with Crippen molar-refractivity contribution in [2.75, 3.05) is 0 Å². The van der Waals surface area contributed by atoms with Crippen LogP contribution in [-0.4, -0.2) is 5.78 Å². The average molecular weight is 236 g/mol. The lowest BCUT2D eigenvalue weighted by molar-refractivity contribution is 0.0964. The largest absolute Gasteiger partial charge is 0.458 e. The smallest absolute Gasteiger partial charge is 0.202 e. The predicted octanol–water partition coefficient (Wildman–Crippen LogP) is 3.29. The Balaban J connectivity index is 2.21. The van der Waals surface area contributed by atoms with Crippen LogP contribution in [0.15, 0.2) is 34.7 Å². The van der Waals surface area contributed by atoms with E-state index >= 15 is 0 Å². The minimum atomic E-state index is -0.594. The lowest BCUT2D eigenvalue weighted by Crippen LogP contribution is -2.04. The fraction of sp³-hybridized carbons (Fsp3) is 0.154. The first kappa shape index (κ1) is 11.5. The first-order valence-electron chi connectivity index (χ1n) is 5.10. The van der Waals surface area contributed by atoms with Gasteiger partial charge in [-0.2, -0.15) is 0 Å². The summed E-state index contributed by atoms with van der Waals surface area (Å²) in [6, 6.07) is 6.21. The van der Waals surface area contributed by atoms with E-state index in [4.69, 9.17) is 4.42 Å². The van der Waals surface area contributed by atoms with E-state index in [0.717, 1.165) is 18.2 Å². The van der Waals surface area contributed by atoms with E-state index in [2.05, 4.69) is 0 Å². The number of Topliss-reactive ketones (excluding diaryl/α,β-unsaturated/α-hetero) is 1. The summed E-state index contributed by atoms with van der Waals surface area (Å²) in [6.07, 6.45) is -0.212. The van der Waals surface area contributed by atoms with Crippen LogP contribution in [-0.2, 0) is 6.42 Å².